The minimum atomic E-state index is -1.02. The fourth-order valence-electron chi connectivity index (χ4n) is 5.70. The smallest absolute Gasteiger partial charge is 0.315 e. The third kappa shape index (κ3) is 4.76. The molecule has 0 spiro atoms. The summed E-state index contributed by atoms with van der Waals surface area (Å²) in [5.41, 5.74) is 3.24. The number of nitriles is 1. The number of carboxylic acids is 1. The Hall–Kier alpha value is -5.09. The Kier molecular flexibility index (Phi) is 7.52. The van der Waals surface area contributed by atoms with Gasteiger partial charge in [0.1, 0.15) is 17.2 Å². The van der Waals surface area contributed by atoms with Gasteiger partial charge < -0.3 is 19.3 Å². The molecule has 1 aliphatic rings. The van der Waals surface area contributed by atoms with Gasteiger partial charge in [0.25, 0.3) is 0 Å². The van der Waals surface area contributed by atoms with Crippen molar-refractivity contribution in [2.45, 2.75) is 11.8 Å². The van der Waals surface area contributed by atoms with E-state index in [1.165, 1.54) is 14.2 Å². The van der Waals surface area contributed by atoms with E-state index in [0.29, 0.717) is 39.5 Å². The van der Waals surface area contributed by atoms with Crippen LogP contribution in [0.15, 0.2) is 97.1 Å². The summed E-state index contributed by atoms with van der Waals surface area (Å²) in [5, 5.41) is 19.6. The molecule has 200 valence electrons. The maximum absolute atomic E-state index is 14.1. The van der Waals surface area contributed by atoms with Crippen LogP contribution in [0.1, 0.15) is 28.5 Å². The number of nitrogens with zero attached hydrogens (tertiary/aromatic N) is 1. The van der Waals surface area contributed by atoms with Crippen molar-refractivity contribution in [3.8, 4) is 34.4 Å². The number of hydrogen-bond donors (Lipinski definition) is 1. The van der Waals surface area contributed by atoms with Gasteiger partial charge in [-0.15, -0.1) is 0 Å². The van der Waals surface area contributed by atoms with E-state index in [2.05, 4.69) is 6.07 Å². The number of carbonyl (C=O) groups excluding carboxylic acids is 1. The largest absolute Gasteiger partial charge is 0.496 e. The number of aliphatic carboxylic acids is 1. The molecule has 0 heterocycles. The molecule has 5 rings (SSSR count). The summed E-state index contributed by atoms with van der Waals surface area (Å²) >= 11 is 0. The highest BCUT2D eigenvalue weighted by Crippen LogP contribution is 2.60. The maximum Gasteiger partial charge on any atom is 0.315 e. The van der Waals surface area contributed by atoms with Crippen molar-refractivity contribution in [3.05, 3.63) is 114 Å². The summed E-state index contributed by atoms with van der Waals surface area (Å²) in [6.07, 6.45) is 0. The van der Waals surface area contributed by atoms with E-state index in [-0.39, 0.29) is 0 Å². The number of methoxy groups -OCH3 is 2. The van der Waals surface area contributed by atoms with Gasteiger partial charge in [0.05, 0.1) is 37.7 Å². The first-order valence-corrected chi connectivity index (χ1v) is 12.8. The highest BCUT2D eigenvalue weighted by Gasteiger charge is 2.60. The Labute approximate surface area is 232 Å². The van der Waals surface area contributed by atoms with Crippen LogP contribution < -0.4 is 14.2 Å². The van der Waals surface area contributed by atoms with Crippen LogP contribution in [0.25, 0.3) is 11.1 Å². The highest BCUT2D eigenvalue weighted by atomic mass is 16.5. The topological polar surface area (TPSA) is 106 Å². The van der Waals surface area contributed by atoms with Crippen LogP contribution in [-0.2, 0) is 9.59 Å². The predicted molar refractivity (Wildman–Crippen MR) is 148 cm³/mol. The molecule has 1 N–H and O–H groups in total. The number of ether oxygens (including phenoxy) is 3. The van der Waals surface area contributed by atoms with Crippen LogP contribution in [0.3, 0.4) is 0 Å². The van der Waals surface area contributed by atoms with Crippen LogP contribution in [0.2, 0.25) is 0 Å². The minimum Gasteiger partial charge on any atom is -0.496 e. The van der Waals surface area contributed by atoms with E-state index >= 15 is 0 Å². The van der Waals surface area contributed by atoms with Crippen molar-refractivity contribution < 1.29 is 28.9 Å². The monoisotopic (exact) mass is 533 g/mol. The quantitative estimate of drug-likeness (QED) is 0.217. The summed E-state index contributed by atoms with van der Waals surface area (Å²) in [4.78, 5) is 26.8. The van der Waals surface area contributed by atoms with Gasteiger partial charge in [-0.2, -0.15) is 5.26 Å². The molecular weight excluding hydrogens is 506 g/mol. The number of hydrogen-bond acceptors (Lipinski definition) is 6. The molecule has 0 aliphatic heterocycles. The average Bonchev–Trinajstić information content (AvgIpc) is 2.97. The van der Waals surface area contributed by atoms with E-state index in [4.69, 9.17) is 19.5 Å². The molecule has 0 bridgehead atoms. The molecule has 0 saturated heterocycles. The second-order valence-corrected chi connectivity index (χ2v) is 9.53. The van der Waals surface area contributed by atoms with Gasteiger partial charge in [-0.25, -0.2) is 0 Å². The zero-order valence-electron chi connectivity index (χ0n) is 22.0. The molecule has 7 heteroatoms. The summed E-state index contributed by atoms with van der Waals surface area (Å²) < 4.78 is 17.2. The van der Waals surface area contributed by atoms with Crippen molar-refractivity contribution >= 4 is 11.9 Å². The second-order valence-electron chi connectivity index (χ2n) is 9.53. The zero-order valence-corrected chi connectivity index (χ0v) is 22.0. The third-order valence-corrected chi connectivity index (χ3v) is 7.52. The van der Waals surface area contributed by atoms with E-state index in [1.807, 2.05) is 12.1 Å². The van der Waals surface area contributed by atoms with Gasteiger partial charge in [-0.1, -0.05) is 66.7 Å². The fraction of sp³-hybridized carbons (Fsp3) is 0.182. The Morgan fingerprint density at radius 1 is 0.700 bits per heavy atom. The lowest BCUT2D eigenvalue weighted by Gasteiger charge is -2.49. The molecular formula is C33H27NO6. The van der Waals surface area contributed by atoms with E-state index < -0.39 is 35.6 Å². The molecule has 7 nitrogen and oxygen atoms in total. The van der Waals surface area contributed by atoms with Crippen LogP contribution in [0, 0.1) is 23.2 Å². The molecule has 1 fully saturated rings. The number of para-hydroxylation sites is 3. The first-order valence-electron chi connectivity index (χ1n) is 12.8. The standard InChI is InChI=1S/C33H27NO6/c1-38-25-12-6-4-10-23(25)28-30(32(35)36)29(24-11-5-7-13-26(24)39-2)31(28)33(37)40-27-14-8-3-9-22(27)21-17-15-20(19-34)16-18-21/h3-18,28-31H,1-2H3,(H,35,36). The van der Waals surface area contributed by atoms with Gasteiger partial charge in [-0.3, -0.25) is 9.59 Å². The Morgan fingerprint density at radius 2 is 1.20 bits per heavy atom. The normalized spacial score (nSPS) is 19.5. The van der Waals surface area contributed by atoms with Crippen molar-refractivity contribution in [1.82, 2.24) is 0 Å². The second kappa shape index (κ2) is 11.3. The first-order chi connectivity index (χ1) is 19.5. The molecule has 40 heavy (non-hydrogen) atoms. The van der Waals surface area contributed by atoms with Crippen LogP contribution in [-0.4, -0.2) is 31.3 Å². The van der Waals surface area contributed by atoms with Crippen LogP contribution >= 0.6 is 0 Å². The Balaban J connectivity index is 1.59. The molecule has 0 aromatic heterocycles. The summed E-state index contributed by atoms with van der Waals surface area (Å²) in [6, 6.07) is 30.5. The number of benzene rings is 4. The van der Waals surface area contributed by atoms with E-state index in [9.17, 15) is 14.7 Å². The van der Waals surface area contributed by atoms with Crippen molar-refractivity contribution in [1.29, 1.82) is 5.26 Å². The molecule has 4 aromatic carbocycles. The van der Waals surface area contributed by atoms with Gasteiger partial charge in [0.2, 0.25) is 0 Å². The van der Waals surface area contributed by atoms with Gasteiger partial charge in [-0.05, 0) is 47.0 Å². The lowest BCUT2D eigenvalue weighted by molar-refractivity contribution is -0.158. The van der Waals surface area contributed by atoms with Gasteiger partial charge in [0, 0.05) is 17.4 Å². The van der Waals surface area contributed by atoms with E-state index in [1.54, 1.807) is 84.9 Å². The summed E-state index contributed by atoms with van der Waals surface area (Å²) in [6.45, 7) is 0. The van der Waals surface area contributed by atoms with Crippen LogP contribution in [0.5, 0.6) is 17.2 Å². The lowest BCUT2D eigenvalue weighted by atomic mass is 9.52. The first kappa shape index (κ1) is 26.5. The van der Waals surface area contributed by atoms with Gasteiger partial charge >= 0.3 is 11.9 Å². The molecule has 1 saturated carbocycles. The van der Waals surface area contributed by atoms with Gasteiger partial charge in [0.15, 0.2) is 0 Å². The maximum atomic E-state index is 14.1. The number of esters is 1. The van der Waals surface area contributed by atoms with Crippen molar-refractivity contribution in [2.24, 2.45) is 11.8 Å². The summed E-state index contributed by atoms with van der Waals surface area (Å²) in [5.74, 6) is -3.35. The number of carbonyl (C=O) groups is 2. The third-order valence-electron chi connectivity index (χ3n) is 7.52. The SMILES string of the molecule is COc1ccccc1C1C(C(=O)O)C(c2ccccc2OC)C1C(=O)Oc1ccccc1-c1ccc(C#N)cc1. The Bertz CT molecular complexity index is 1530. The minimum absolute atomic E-state index is 0.341. The van der Waals surface area contributed by atoms with Crippen molar-refractivity contribution in [3.63, 3.8) is 0 Å². The zero-order chi connectivity index (χ0) is 28.2. The van der Waals surface area contributed by atoms with E-state index in [0.717, 1.165) is 5.56 Å². The molecule has 0 radical (unpaired) electrons. The Morgan fingerprint density at radius 3 is 1.70 bits per heavy atom. The number of carboxylic acid groups (broad SMARTS) is 1. The van der Waals surface area contributed by atoms with Crippen LogP contribution in [0.4, 0.5) is 0 Å². The number of rotatable bonds is 8. The average molecular weight is 534 g/mol. The molecule has 2 unspecified atom stereocenters. The molecule has 0 amide bonds. The molecule has 4 aromatic rings. The molecule has 1 aliphatic carbocycles. The lowest BCUT2D eigenvalue weighted by Crippen LogP contribution is -2.52. The van der Waals surface area contributed by atoms with Crippen molar-refractivity contribution in [2.75, 3.05) is 14.2 Å². The molecule has 2 atom stereocenters. The summed E-state index contributed by atoms with van der Waals surface area (Å²) in [7, 11) is 3.04. The highest BCUT2D eigenvalue weighted by molar-refractivity contribution is 5.87. The predicted octanol–water partition coefficient (Wildman–Crippen LogP) is 6.05. The fourth-order valence-corrected chi connectivity index (χ4v) is 5.70.